The number of urea groups is 1. The summed E-state index contributed by atoms with van der Waals surface area (Å²) in [6, 6.07) is -0.523. The topological polar surface area (TPSA) is 98.8 Å². The Balaban J connectivity index is 2.04. The van der Waals surface area contributed by atoms with E-state index in [1.807, 2.05) is 0 Å². The van der Waals surface area contributed by atoms with Crippen molar-refractivity contribution in [2.24, 2.45) is 0 Å². The fourth-order valence-electron chi connectivity index (χ4n) is 2.50. The van der Waals surface area contributed by atoms with Crippen molar-refractivity contribution in [1.29, 1.82) is 0 Å². The lowest BCUT2D eigenvalue weighted by molar-refractivity contribution is -0.141. The number of likely N-dealkylation sites (N-methyl/N-ethyl adjacent to an activating group) is 1. The van der Waals surface area contributed by atoms with Crippen LogP contribution in [0.25, 0.3) is 0 Å². The van der Waals surface area contributed by atoms with E-state index in [2.05, 4.69) is 10.6 Å². The van der Waals surface area contributed by atoms with E-state index in [1.54, 1.807) is 7.05 Å². The molecule has 5 amide bonds. The summed E-state index contributed by atoms with van der Waals surface area (Å²) >= 11 is 0. The minimum absolute atomic E-state index is 0.0268. The number of nitrogens with zero attached hydrogens (tertiary/aromatic N) is 2. The van der Waals surface area contributed by atoms with Gasteiger partial charge in [-0.3, -0.25) is 19.7 Å². The average molecular weight is 282 g/mol. The summed E-state index contributed by atoms with van der Waals surface area (Å²) in [5.74, 6) is -0.812. The maximum atomic E-state index is 12.1. The minimum atomic E-state index is -1.01. The molecule has 2 N–H and O–H groups in total. The number of piperidine rings is 1. The molecule has 110 valence electrons. The number of rotatable bonds is 2. The van der Waals surface area contributed by atoms with Crippen molar-refractivity contribution in [3.05, 3.63) is 0 Å². The van der Waals surface area contributed by atoms with Crippen molar-refractivity contribution < 1.29 is 19.2 Å². The SMILES string of the molecule is CC(=O)N(C)CC(=O)N1CCCC2(C1)NC(=O)NC2=O. The van der Waals surface area contributed by atoms with E-state index in [1.165, 1.54) is 16.7 Å². The first-order valence-electron chi connectivity index (χ1n) is 6.47. The van der Waals surface area contributed by atoms with Crippen molar-refractivity contribution >= 4 is 23.8 Å². The summed E-state index contributed by atoms with van der Waals surface area (Å²) in [4.78, 5) is 49.2. The molecule has 8 heteroatoms. The summed E-state index contributed by atoms with van der Waals surface area (Å²) in [5.41, 5.74) is -1.01. The van der Waals surface area contributed by atoms with Crippen LogP contribution in [-0.4, -0.2) is 65.8 Å². The van der Waals surface area contributed by atoms with Crippen LogP contribution in [0.5, 0.6) is 0 Å². The number of imide groups is 1. The highest BCUT2D eigenvalue weighted by Gasteiger charge is 2.49. The smallest absolute Gasteiger partial charge is 0.322 e. The second-order valence-corrected chi connectivity index (χ2v) is 5.28. The van der Waals surface area contributed by atoms with Gasteiger partial charge < -0.3 is 15.1 Å². The quantitative estimate of drug-likeness (QED) is 0.613. The highest BCUT2D eigenvalue weighted by Crippen LogP contribution is 2.24. The molecule has 2 aliphatic heterocycles. The van der Waals surface area contributed by atoms with Crippen molar-refractivity contribution in [3.63, 3.8) is 0 Å². The van der Waals surface area contributed by atoms with Crippen LogP contribution in [0.15, 0.2) is 0 Å². The van der Waals surface area contributed by atoms with Gasteiger partial charge in [-0.25, -0.2) is 4.79 Å². The van der Waals surface area contributed by atoms with Gasteiger partial charge in [-0.15, -0.1) is 0 Å². The molecule has 2 fully saturated rings. The number of carbonyl (C=O) groups is 4. The van der Waals surface area contributed by atoms with E-state index >= 15 is 0 Å². The number of carbonyl (C=O) groups excluding carboxylic acids is 4. The Labute approximate surface area is 116 Å². The first-order chi connectivity index (χ1) is 9.34. The molecule has 0 radical (unpaired) electrons. The van der Waals surface area contributed by atoms with Gasteiger partial charge in [0.25, 0.3) is 5.91 Å². The summed E-state index contributed by atoms with van der Waals surface area (Å²) in [5, 5.41) is 4.81. The lowest BCUT2D eigenvalue weighted by atomic mass is 9.89. The average Bonchev–Trinajstić information content (AvgIpc) is 2.63. The number of hydrogen-bond donors (Lipinski definition) is 2. The summed E-state index contributed by atoms with van der Waals surface area (Å²) in [6.45, 7) is 2.03. The molecule has 1 atom stereocenters. The predicted octanol–water partition coefficient (Wildman–Crippen LogP) is -1.33. The van der Waals surface area contributed by atoms with Gasteiger partial charge in [0.2, 0.25) is 11.8 Å². The molecule has 20 heavy (non-hydrogen) atoms. The third-order valence-electron chi connectivity index (χ3n) is 3.77. The summed E-state index contributed by atoms with van der Waals surface area (Å²) in [6.07, 6.45) is 1.14. The summed E-state index contributed by atoms with van der Waals surface area (Å²) in [7, 11) is 1.55. The maximum absolute atomic E-state index is 12.1. The van der Waals surface area contributed by atoms with Gasteiger partial charge in [0.1, 0.15) is 5.54 Å². The molecule has 2 aliphatic rings. The molecular formula is C12H18N4O4. The molecule has 0 aromatic carbocycles. The number of amides is 5. The molecule has 2 saturated heterocycles. The molecule has 0 aromatic rings. The highest BCUT2D eigenvalue weighted by molar-refractivity contribution is 6.07. The molecule has 0 aromatic heterocycles. The molecule has 2 heterocycles. The van der Waals surface area contributed by atoms with E-state index in [4.69, 9.17) is 0 Å². The van der Waals surface area contributed by atoms with Crippen molar-refractivity contribution in [2.75, 3.05) is 26.7 Å². The fraction of sp³-hybridized carbons (Fsp3) is 0.667. The lowest BCUT2D eigenvalue weighted by Crippen LogP contribution is -2.60. The van der Waals surface area contributed by atoms with Crippen LogP contribution in [0.1, 0.15) is 19.8 Å². The van der Waals surface area contributed by atoms with Gasteiger partial charge in [0.05, 0.1) is 13.1 Å². The van der Waals surface area contributed by atoms with Crippen LogP contribution in [-0.2, 0) is 14.4 Å². The third kappa shape index (κ3) is 2.59. The molecule has 8 nitrogen and oxygen atoms in total. The van der Waals surface area contributed by atoms with E-state index < -0.39 is 11.6 Å². The van der Waals surface area contributed by atoms with Crippen LogP contribution in [0.3, 0.4) is 0 Å². The molecule has 0 bridgehead atoms. The Morgan fingerprint density at radius 3 is 2.65 bits per heavy atom. The minimum Gasteiger partial charge on any atom is -0.338 e. The van der Waals surface area contributed by atoms with Crippen LogP contribution in [0.4, 0.5) is 4.79 Å². The Hall–Kier alpha value is -2.12. The second kappa shape index (κ2) is 5.10. The predicted molar refractivity (Wildman–Crippen MR) is 68.5 cm³/mol. The van der Waals surface area contributed by atoms with Crippen LogP contribution < -0.4 is 10.6 Å². The fourth-order valence-corrected chi connectivity index (χ4v) is 2.50. The number of nitrogens with one attached hydrogen (secondary N) is 2. The van der Waals surface area contributed by atoms with Crippen LogP contribution in [0.2, 0.25) is 0 Å². The van der Waals surface area contributed by atoms with Crippen LogP contribution in [0, 0.1) is 0 Å². The van der Waals surface area contributed by atoms with Crippen LogP contribution >= 0.6 is 0 Å². The van der Waals surface area contributed by atoms with Gasteiger partial charge in [-0.1, -0.05) is 0 Å². The Kier molecular flexibility index (Phi) is 3.65. The Bertz CT molecular complexity index is 478. The van der Waals surface area contributed by atoms with Crippen molar-refractivity contribution in [2.45, 2.75) is 25.3 Å². The van der Waals surface area contributed by atoms with E-state index in [0.717, 1.165) is 0 Å². The zero-order chi connectivity index (χ0) is 14.9. The Morgan fingerprint density at radius 1 is 1.40 bits per heavy atom. The van der Waals surface area contributed by atoms with Gasteiger partial charge in [-0.05, 0) is 12.8 Å². The Morgan fingerprint density at radius 2 is 2.10 bits per heavy atom. The molecule has 1 unspecified atom stereocenters. The second-order valence-electron chi connectivity index (χ2n) is 5.28. The van der Waals surface area contributed by atoms with Gasteiger partial charge in [-0.2, -0.15) is 0 Å². The first-order valence-corrected chi connectivity index (χ1v) is 6.47. The van der Waals surface area contributed by atoms with Gasteiger partial charge in [0.15, 0.2) is 0 Å². The monoisotopic (exact) mass is 282 g/mol. The zero-order valence-corrected chi connectivity index (χ0v) is 11.6. The third-order valence-corrected chi connectivity index (χ3v) is 3.77. The van der Waals surface area contributed by atoms with Crippen molar-refractivity contribution in [1.82, 2.24) is 20.4 Å². The molecular weight excluding hydrogens is 264 g/mol. The highest BCUT2D eigenvalue weighted by atomic mass is 16.2. The number of likely N-dealkylation sites (tertiary alicyclic amines) is 1. The van der Waals surface area contributed by atoms with Crippen molar-refractivity contribution in [3.8, 4) is 0 Å². The van der Waals surface area contributed by atoms with E-state index in [0.29, 0.717) is 19.4 Å². The normalized spacial score (nSPS) is 25.4. The lowest BCUT2D eigenvalue weighted by Gasteiger charge is -2.38. The molecule has 0 saturated carbocycles. The van der Waals surface area contributed by atoms with Gasteiger partial charge >= 0.3 is 6.03 Å². The van der Waals surface area contributed by atoms with E-state index in [9.17, 15) is 19.2 Å². The zero-order valence-electron chi connectivity index (χ0n) is 11.6. The maximum Gasteiger partial charge on any atom is 0.322 e. The van der Waals surface area contributed by atoms with Gasteiger partial charge in [0, 0.05) is 20.5 Å². The first kappa shape index (κ1) is 14.3. The molecule has 0 aliphatic carbocycles. The summed E-state index contributed by atoms with van der Waals surface area (Å²) < 4.78 is 0. The number of hydrogen-bond acceptors (Lipinski definition) is 4. The van der Waals surface area contributed by atoms with E-state index in [-0.39, 0.29) is 30.8 Å². The largest absolute Gasteiger partial charge is 0.338 e. The standard InChI is InChI=1S/C12H18N4O4/c1-8(17)15(2)6-9(18)16-5-3-4-12(7-16)10(19)13-11(20)14-12/h3-7H2,1-2H3,(H2,13,14,19,20). The molecule has 1 spiro atoms. The molecule has 2 rings (SSSR count).